The summed E-state index contributed by atoms with van der Waals surface area (Å²) in [4.78, 5) is 28.7. The van der Waals surface area contributed by atoms with Crippen LogP contribution in [0.15, 0.2) is 42.9 Å². The van der Waals surface area contributed by atoms with Gasteiger partial charge in [0.2, 0.25) is 5.91 Å². The molecule has 1 amide bonds. The number of benzene rings is 1. The lowest BCUT2D eigenvalue weighted by Crippen LogP contribution is -2.39. The number of aromatic carboxylic acids is 1. The van der Waals surface area contributed by atoms with Gasteiger partial charge < -0.3 is 15.0 Å². The number of nitrogens with one attached hydrogen (secondary N) is 1. The zero-order valence-electron chi connectivity index (χ0n) is 15.7. The number of aromatic nitrogens is 3. The second kappa shape index (κ2) is 7.88. The van der Waals surface area contributed by atoms with E-state index in [1.54, 1.807) is 10.9 Å². The third-order valence-electron chi connectivity index (χ3n) is 5.55. The molecule has 0 aliphatic carbocycles. The number of carbonyl (C=O) groups is 2. The largest absolute Gasteiger partial charge is 0.478 e. The summed E-state index contributed by atoms with van der Waals surface area (Å²) in [6.45, 7) is 1.39. The van der Waals surface area contributed by atoms with Gasteiger partial charge in [-0.15, -0.1) is 0 Å². The van der Waals surface area contributed by atoms with Crippen LogP contribution in [0, 0.1) is 0 Å². The Hall–Kier alpha value is -3.09. The van der Waals surface area contributed by atoms with Crippen LogP contribution in [0.4, 0.5) is 0 Å². The van der Waals surface area contributed by atoms with E-state index in [-0.39, 0.29) is 17.5 Å². The van der Waals surface area contributed by atoms with Crippen molar-refractivity contribution in [3.8, 4) is 0 Å². The van der Waals surface area contributed by atoms with Crippen LogP contribution in [0.1, 0.15) is 47.6 Å². The zero-order chi connectivity index (χ0) is 19.5. The third kappa shape index (κ3) is 3.78. The van der Waals surface area contributed by atoms with E-state index in [9.17, 15) is 9.59 Å². The quantitative estimate of drug-likeness (QED) is 0.687. The number of likely N-dealkylation sites (tertiary alicyclic amines) is 1. The van der Waals surface area contributed by atoms with Crippen LogP contribution in [0.2, 0.25) is 0 Å². The van der Waals surface area contributed by atoms with Crippen LogP contribution in [0.3, 0.4) is 0 Å². The molecule has 1 fully saturated rings. The topological polar surface area (TPSA) is 91.2 Å². The fourth-order valence-electron chi connectivity index (χ4n) is 3.95. The number of amides is 1. The second-order valence-electron chi connectivity index (χ2n) is 7.34. The number of aryl methyl sites for hydroxylation is 1. The highest BCUT2D eigenvalue weighted by molar-refractivity contribution is 5.86. The molecule has 0 saturated carbocycles. The van der Waals surface area contributed by atoms with E-state index in [2.05, 4.69) is 22.2 Å². The Morgan fingerprint density at radius 2 is 2.00 bits per heavy atom. The Bertz CT molecular complexity index is 982. The highest BCUT2D eigenvalue weighted by atomic mass is 16.4. The molecule has 7 nitrogen and oxygen atoms in total. The maximum absolute atomic E-state index is 12.5. The molecular weight excluding hydrogens is 356 g/mol. The number of rotatable bonds is 6. The molecule has 0 radical (unpaired) electrons. The summed E-state index contributed by atoms with van der Waals surface area (Å²) in [5, 5.41) is 14.4. The first-order valence-electron chi connectivity index (χ1n) is 9.72. The molecule has 1 aromatic carbocycles. The summed E-state index contributed by atoms with van der Waals surface area (Å²) in [5.74, 6) is -0.765. The number of carboxylic acid groups (broad SMARTS) is 1. The Morgan fingerprint density at radius 1 is 1.21 bits per heavy atom. The Balaban J connectivity index is 1.25. The Labute approximate surface area is 163 Å². The normalized spacial score (nSPS) is 15.2. The van der Waals surface area contributed by atoms with E-state index >= 15 is 0 Å². The number of aromatic amines is 1. The van der Waals surface area contributed by atoms with Crippen molar-refractivity contribution in [1.29, 1.82) is 0 Å². The summed E-state index contributed by atoms with van der Waals surface area (Å²) in [5.41, 5.74) is 2.60. The van der Waals surface area contributed by atoms with Gasteiger partial charge in [0, 0.05) is 42.8 Å². The summed E-state index contributed by atoms with van der Waals surface area (Å²) < 4.78 is 1.72. The SMILES string of the molecule is O=C(O)c1cnn(C2CCN(C(=O)CCCc3c[nH]c4ccccc34)CC2)c1. The minimum atomic E-state index is -0.964. The van der Waals surface area contributed by atoms with Gasteiger partial charge in [0.1, 0.15) is 0 Å². The summed E-state index contributed by atoms with van der Waals surface area (Å²) >= 11 is 0. The predicted octanol–water partition coefficient (Wildman–Crippen LogP) is 3.25. The smallest absolute Gasteiger partial charge is 0.338 e. The second-order valence-corrected chi connectivity index (χ2v) is 7.34. The number of carbonyl (C=O) groups excluding carboxylic acids is 1. The van der Waals surface area contributed by atoms with Crippen molar-refractivity contribution in [3.05, 3.63) is 54.0 Å². The maximum atomic E-state index is 12.5. The van der Waals surface area contributed by atoms with Crippen LogP contribution in [0.5, 0.6) is 0 Å². The van der Waals surface area contributed by atoms with Gasteiger partial charge >= 0.3 is 5.97 Å². The molecule has 2 N–H and O–H groups in total. The van der Waals surface area contributed by atoms with Gasteiger partial charge in [0.15, 0.2) is 0 Å². The first kappa shape index (κ1) is 18.3. The van der Waals surface area contributed by atoms with Crippen molar-refractivity contribution >= 4 is 22.8 Å². The molecule has 0 spiro atoms. The van der Waals surface area contributed by atoms with Crippen molar-refractivity contribution in [3.63, 3.8) is 0 Å². The van der Waals surface area contributed by atoms with E-state index < -0.39 is 5.97 Å². The van der Waals surface area contributed by atoms with Gasteiger partial charge in [-0.25, -0.2) is 4.79 Å². The van der Waals surface area contributed by atoms with Gasteiger partial charge in [0.05, 0.1) is 17.8 Å². The average molecular weight is 380 g/mol. The van der Waals surface area contributed by atoms with Gasteiger partial charge in [-0.1, -0.05) is 18.2 Å². The Morgan fingerprint density at radius 3 is 2.75 bits per heavy atom. The molecule has 0 bridgehead atoms. The zero-order valence-corrected chi connectivity index (χ0v) is 15.7. The minimum absolute atomic E-state index is 0.156. The molecule has 4 rings (SSSR count). The van der Waals surface area contributed by atoms with Crippen LogP contribution in [-0.4, -0.2) is 49.7 Å². The third-order valence-corrected chi connectivity index (χ3v) is 5.55. The molecular formula is C21H24N4O3. The molecule has 0 unspecified atom stereocenters. The van der Waals surface area contributed by atoms with Gasteiger partial charge in [-0.05, 0) is 37.3 Å². The summed E-state index contributed by atoms with van der Waals surface area (Å²) in [7, 11) is 0. The van der Waals surface area contributed by atoms with Crippen molar-refractivity contribution in [2.24, 2.45) is 0 Å². The van der Waals surface area contributed by atoms with Crippen molar-refractivity contribution < 1.29 is 14.7 Å². The number of hydrogen-bond donors (Lipinski definition) is 2. The summed E-state index contributed by atoms with van der Waals surface area (Å²) in [6, 6.07) is 8.38. The lowest BCUT2D eigenvalue weighted by Gasteiger charge is -2.32. The van der Waals surface area contributed by atoms with Crippen molar-refractivity contribution in [1.82, 2.24) is 19.7 Å². The first-order valence-corrected chi connectivity index (χ1v) is 9.72. The highest BCUT2D eigenvalue weighted by Crippen LogP contribution is 2.24. The van der Waals surface area contributed by atoms with Gasteiger partial charge in [-0.3, -0.25) is 9.48 Å². The molecule has 1 saturated heterocycles. The number of hydrogen-bond acceptors (Lipinski definition) is 3. The molecule has 146 valence electrons. The van der Waals surface area contributed by atoms with E-state index in [0.29, 0.717) is 19.5 Å². The molecule has 0 atom stereocenters. The number of nitrogens with zero attached hydrogens (tertiary/aromatic N) is 3. The molecule has 3 heterocycles. The lowest BCUT2D eigenvalue weighted by molar-refractivity contribution is -0.132. The van der Waals surface area contributed by atoms with Crippen LogP contribution >= 0.6 is 0 Å². The number of piperidine rings is 1. The fourth-order valence-corrected chi connectivity index (χ4v) is 3.95. The van der Waals surface area contributed by atoms with E-state index in [0.717, 1.165) is 31.2 Å². The predicted molar refractivity (Wildman–Crippen MR) is 105 cm³/mol. The molecule has 2 aromatic heterocycles. The lowest BCUT2D eigenvalue weighted by atomic mass is 10.0. The number of para-hydroxylation sites is 1. The van der Waals surface area contributed by atoms with Gasteiger partial charge in [-0.2, -0.15) is 5.10 Å². The number of fused-ring (bicyclic) bond motifs is 1. The molecule has 28 heavy (non-hydrogen) atoms. The molecule has 7 heteroatoms. The van der Waals surface area contributed by atoms with Crippen LogP contribution in [0.25, 0.3) is 10.9 Å². The number of H-pyrrole nitrogens is 1. The standard InChI is InChI=1S/C21H24N4O3/c26-20(7-3-4-15-12-22-19-6-2-1-5-18(15)19)24-10-8-17(9-11-24)25-14-16(13-23-25)21(27)28/h1-2,5-6,12-14,17,22H,3-4,7-11H2,(H,27,28). The number of carboxylic acids is 1. The molecule has 1 aliphatic heterocycles. The fraction of sp³-hybridized carbons (Fsp3) is 0.381. The minimum Gasteiger partial charge on any atom is -0.478 e. The maximum Gasteiger partial charge on any atom is 0.338 e. The van der Waals surface area contributed by atoms with Crippen LogP contribution in [-0.2, 0) is 11.2 Å². The highest BCUT2D eigenvalue weighted by Gasteiger charge is 2.24. The Kier molecular flexibility index (Phi) is 5.14. The van der Waals surface area contributed by atoms with E-state index in [4.69, 9.17) is 5.11 Å². The van der Waals surface area contributed by atoms with Gasteiger partial charge in [0.25, 0.3) is 0 Å². The summed E-state index contributed by atoms with van der Waals surface area (Å²) in [6.07, 6.45) is 8.87. The van der Waals surface area contributed by atoms with Crippen molar-refractivity contribution in [2.75, 3.05) is 13.1 Å². The van der Waals surface area contributed by atoms with Crippen molar-refractivity contribution in [2.45, 2.75) is 38.1 Å². The van der Waals surface area contributed by atoms with Crippen LogP contribution < -0.4 is 0 Å². The molecule has 3 aromatic rings. The monoisotopic (exact) mass is 380 g/mol. The molecule has 1 aliphatic rings. The van der Waals surface area contributed by atoms with E-state index in [1.165, 1.54) is 17.1 Å². The average Bonchev–Trinajstić information content (AvgIpc) is 3.36. The van der Waals surface area contributed by atoms with E-state index in [1.807, 2.05) is 23.2 Å². The first-order chi connectivity index (χ1) is 13.6.